The maximum Gasteiger partial charge on any atom is 0.129 e. The van der Waals surface area contributed by atoms with Gasteiger partial charge in [-0.3, -0.25) is 0 Å². The number of para-hydroxylation sites is 4. The number of rotatable bonds is 10. The summed E-state index contributed by atoms with van der Waals surface area (Å²) in [7, 11) is 0. The van der Waals surface area contributed by atoms with Gasteiger partial charge in [0.05, 0.1) is 34.1 Å². The van der Waals surface area contributed by atoms with Gasteiger partial charge in [-0.15, -0.1) is 0 Å². The third-order valence-electron chi connectivity index (χ3n) is 10.9. The van der Waals surface area contributed by atoms with Gasteiger partial charge in [-0.2, -0.15) is 10.2 Å². The molecule has 0 atom stereocenters. The highest BCUT2D eigenvalue weighted by Crippen LogP contribution is 2.47. The molecule has 0 saturated heterocycles. The molecule has 0 N–H and O–H groups in total. The van der Waals surface area contributed by atoms with E-state index in [4.69, 9.17) is 9.47 Å². The van der Waals surface area contributed by atoms with E-state index in [2.05, 4.69) is 127 Å². The van der Waals surface area contributed by atoms with E-state index in [1.54, 1.807) is 12.4 Å². The van der Waals surface area contributed by atoms with Crippen LogP contribution in [0.3, 0.4) is 0 Å². The monoisotopic (exact) mass is 782 g/mol. The predicted octanol–water partition coefficient (Wildman–Crippen LogP) is 12.1. The van der Waals surface area contributed by atoms with Gasteiger partial charge in [0, 0.05) is 71.8 Å². The van der Waals surface area contributed by atoms with E-state index in [-0.39, 0.29) is 0 Å². The van der Waals surface area contributed by atoms with E-state index < -0.39 is 0 Å². The first-order valence-electron chi connectivity index (χ1n) is 19.8. The van der Waals surface area contributed by atoms with Crippen LogP contribution in [0.2, 0.25) is 0 Å². The number of fused-ring (bicyclic) bond motifs is 2. The van der Waals surface area contributed by atoms with Crippen LogP contribution >= 0.6 is 0 Å². The lowest BCUT2D eigenvalue weighted by Gasteiger charge is -2.25. The fraction of sp³-hybridized carbons (Fsp3) is 0.0400. The van der Waals surface area contributed by atoms with Gasteiger partial charge in [-0.1, -0.05) is 48.5 Å². The summed E-state index contributed by atoms with van der Waals surface area (Å²) in [6, 6.07) is 62.3. The molecule has 2 aromatic heterocycles. The second-order valence-corrected chi connectivity index (χ2v) is 14.6. The van der Waals surface area contributed by atoms with Crippen LogP contribution in [0.5, 0.6) is 23.0 Å². The summed E-state index contributed by atoms with van der Waals surface area (Å²) in [5.41, 5.74) is 10.8. The Hall–Kier alpha value is -8.24. The van der Waals surface area contributed by atoms with Crippen LogP contribution in [0.4, 0.5) is 45.5 Å². The summed E-state index contributed by atoms with van der Waals surface area (Å²) in [5, 5.41) is 8.73. The Labute approximate surface area is 347 Å². The molecule has 2 aliphatic rings. The van der Waals surface area contributed by atoms with Crippen LogP contribution in [-0.4, -0.2) is 32.9 Å². The SMILES string of the molecule is c1cc(Oc2cccc(-n3cccn3)c2)cc(N2CN(c3ccc(N4CN(c5cccc(Oc6cccc(-n7cccn7)c6)c5)c5ccccc54)cc3)c3ccccc32)c1. The minimum atomic E-state index is 0.656. The number of hydrogen-bond donors (Lipinski definition) is 0. The molecular formula is C50H38N8O2. The number of hydrogen-bond acceptors (Lipinski definition) is 8. The van der Waals surface area contributed by atoms with Crippen LogP contribution in [-0.2, 0) is 0 Å². The van der Waals surface area contributed by atoms with Gasteiger partial charge in [0.1, 0.15) is 36.3 Å². The molecule has 10 nitrogen and oxygen atoms in total. The second-order valence-electron chi connectivity index (χ2n) is 14.6. The zero-order valence-electron chi connectivity index (χ0n) is 32.4. The lowest BCUT2D eigenvalue weighted by molar-refractivity contribution is 0.482. The Kier molecular flexibility index (Phi) is 8.70. The number of anilines is 8. The minimum absolute atomic E-state index is 0.656. The predicted molar refractivity (Wildman–Crippen MR) is 238 cm³/mol. The summed E-state index contributed by atoms with van der Waals surface area (Å²) in [6.07, 6.45) is 7.39. The van der Waals surface area contributed by atoms with Gasteiger partial charge in [-0.05, 0) is 109 Å². The van der Waals surface area contributed by atoms with E-state index in [1.165, 1.54) is 0 Å². The molecule has 11 rings (SSSR count). The quantitative estimate of drug-likeness (QED) is 0.136. The molecule has 0 aliphatic carbocycles. The highest BCUT2D eigenvalue weighted by molar-refractivity contribution is 5.89. The lowest BCUT2D eigenvalue weighted by atomic mass is 10.2. The number of nitrogens with zero attached hydrogens (tertiary/aromatic N) is 8. The van der Waals surface area contributed by atoms with E-state index in [9.17, 15) is 0 Å². The van der Waals surface area contributed by atoms with Gasteiger partial charge in [0.15, 0.2) is 0 Å². The molecule has 0 amide bonds. The molecule has 0 bridgehead atoms. The number of benzene rings is 7. The molecule has 10 heteroatoms. The zero-order chi connectivity index (χ0) is 39.8. The lowest BCUT2D eigenvalue weighted by Crippen LogP contribution is -2.25. The first kappa shape index (κ1) is 35.0. The number of ether oxygens (including phenoxy) is 2. The van der Waals surface area contributed by atoms with Crippen LogP contribution < -0.4 is 29.1 Å². The second kappa shape index (κ2) is 14.9. The summed E-state index contributed by atoms with van der Waals surface area (Å²) in [6.45, 7) is 1.31. The van der Waals surface area contributed by atoms with E-state index >= 15 is 0 Å². The fourth-order valence-electron chi connectivity index (χ4n) is 8.05. The summed E-state index contributed by atoms with van der Waals surface area (Å²) in [5.74, 6) is 3.03. The zero-order valence-corrected chi connectivity index (χ0v) is 32.4. The fourth-order valence-corrected chi connectivity index (χ4v) is 8.05. The van der Waals surface area contributed by atoms with E-state index in [0.717, 1.165) is 79.9 Å². The molecule has 4 heterocycles. The maximum atomic E-state index is 6.39. The van der Waals surface area contributed by atoms with Crippen LogP contribution in [0.1, 0.15) is 0 Å². The molecule has 2 aliphatic heterocycles. The van der Waals surface area contributed by atoms with Crippen molar-refractivity contribution in [2.75, 3.05) is 32.9 Å². The molecule has 0 unspecified atom stereocenters. The highest BCUT2D eigenvalue weighted by Gasteiger charge is 2.30. The Morgan fingerprint density at radius 1 is 0.317 bits per heavy atom. The first-order chi connectivity index (χ1) is 29.7. The molecule has 0 saturated carbocycles. The number of aromatic nitrogens is 4. The largest absolute Gasteiger partial charge is 0.457 e. The van der Waals surface area contributed by atoms with Gasteiger partial charge in [0.2, 0.25) is 0 Å². The van der Waals surface area contributed by atoms with Crippen molar-refractivity contribution in [3.05, 3.63) is 207 Å². The Balaban J connectivity index is 0.822. The van der Waals surface area contributed by atoms with Crippen molar-refractivity contribution in [3.8, 4) is 34.4 Å². The molecule has 0 fully saturated rings. The Morgan fingerprint density at radius 3 is 1.00 bits per heavy atom. The molecule has 290 valence electrons. The van der Waals surface area contributed by atoms with Crippen molar-refractivity contribution in [1.82, 2.24) is 19.6 Å². The summed E-state index contributed by atoms with van der Waals surface area (Å²) >= 11 is 0. The Morgan fingerprint density at radius 2 is 0.650 bits per heavy atom. The van der Waals surface area contributed by atoms with Crippen molar-refractivity contribution < 1.29 is 9.47 Å². The normalized spacial score (nSPS) is 13.1. The third-order valence-corrected chi connectivity index (χ3v) is 10.9. The Bertz CT molecular complexity index is 2730. The van der Waals surface area contributed by atoms with Gasteiger partial charge < -0.3 is 29.1 Å². The molecule has 60 heavy (non-hydrogen) atoms. The molecule has 9 aromatic rings. The van der Waals surface area contributed by atoms with E-state index in [1.807, 2.05) is 107 Å². The summed E-state index contributed by atoms with van der Waals surface area (Å²) in [4.78, 5) is 9.39. The first-order valence-corrected chi connectivity index (χ1v) is 19.8. The van der Waals surface area contributed by atoms with Crippen molar-refractivity contribution >= 4 is 45.5 Å². The standard InChI is InChI=1S/C50H38N8O2/c1-3-21-49-47(19-1)53(35-55(49)39-11-5-15-43(31-39)59-45-17-7-13-41(33-45)57-29-9-27-51-57)37-23-25-38(26-24-37)54-36-56(50-22-4-2-20-48(50)54)40-12-6-16-44(32-40)60-46-18-8-14-42(34-46)58-30-10-28-52-58/h1-34H,35-36H2. The highest BCUT2D eigenvalue weighted by atomic mass is 16.5. The van der Waals surface area contributed by atoms with Crippen LogP contribution in [0, 0.1) is 0 Å². The topological polar surface area (TPSA) is 67.1 Å². The van der Waals surface area contributed by atoms with E-state index in [0.29, 0.717) is 13.3 Å². The van der Waals surface area contributed by atoms with Crippen molar-refractivity contribution in [3.63, 3.8) is 0 Å². The van der Waals surface area contributed by atoms with Crippen molar-refractivity contribution in [2.45, 2.75) is 0 Å². The minimum Gasteiger partial charge on any atom is -0.457 e. The molecular weight excluding hydrogens is 745 g/mol. The van der Waals surface area contributed by atoms with Gasteiger partial charge >= 0.3 is 0 Å². The smallest absolute Gasteiger partial charge is 0.129 e. The third kappa shape index (κ3) is 6.61. The van der Waals surface area contributed by atoms with Gasteiger partial charge in [-0.25, -0.2) is 9.36 Å². The molecule has 0 spiro atoms. The average molecular weight is 783 g/mol. The average Bonchev–Trinajstić information content (AvgIpc) is 4.14. The van der Waals surface area contributed by atoms with Crippen LogP contribution in [0.25, 0.3) is 11.4 Å². The summed E-state index contributed by atoms with van der Waals surface area (Å²) < 4.78 is 16.4. The molecule has 0 radical (unpaired) electrons. The van der Waals surface area contributed by atoms with Crippen molar-refractivity contribution in [1.29, 1.82) is 0 Å². The molecule has 7 aromatic carbocycles. The van der Waals surface area contributed by atoms with Crippen LogP contribution in [0.15, 0.2) is 207 Å². The van der Waals surface area contributed by atoms with Crippen molar-refractivity contribution in [2.24, 2.45) is 0 Å². The van der Waals surface area contributed by atoms with Gasteiger partial charge in [0.25, 0.3) is 0 Å². The maximum absolute atomic E-state index is 6.39.